The van der Waals surface area contributed by atoms with Gasteiger partial charge in [-0.05, 0) is 34.1 Å². The number of aromatic nitrogens is 1. The zero-order valence-electron chi connectivity index (χ0n) is 7.91. The van der Waals surface area contributed by atoms with Crippen molar-refractivity contribution in [2.45, 2.75) is 0 Å². The highest BCUT2D eigenvalue weighted by Crippen LogP contribution is 2.19. The topological polar surface area (TPSA) is 55.1 Å². The minimum absolute atomic E-state index is 0.142. The maximum atomic E-state index is 13.1. The van der Waals surface area contributed by atoms with Gasteiger partial charge in [-0.2, -0.15) is 0 Å². The van der Waals surface area contributed by atoms with E-state index in [0.29, 0.717) is 10.2 Å². The average Bonchev–Trinajstić information content (AvgIpc) is 2.77. The summed E-state index contributed by atoms with van der Waals surface area (Å²) in [6, 6.07) is 5.71. The maximum Gasteiger partial charge on any atom is 0.277 e. The van der Waals surface area contributed by atoms with Crippen molar-refractivity contribution >= 4 is 27.5 Å². The fraction of sp³-hybridized carbons (Fsp3) is 0. The lowest BCUT2D eigenvalue weighted by atomic mass is 10.3. The van der Waals surface area contributed by atoms with Crippen molar-refractivity contribution in [3.05, 3.63) is 46.5 Å². The zero-order chi connectivity index (χ0) is 11.5. The van der Waals surface area contributed by atoms with E-state index in [9.17, 15) is 9.18 Å². The van der Waals surface area contributed by atoms with Gasteiger partial charge >= 0.3 is 0 Å². The molecule has 0 saturated carbocycles. The van der Waals surface area contributed by atoms with Gasteiger partial charge in [0.15, 0.2) is 5.69 Å². The van der Waals surface area contributed by atoms with Gasteiger partial charge in [0.25, 0.3) is 5.91 Å². The van der Waals surface area contributed by atoms with Gasteiger partial charge in [-0.1, -0.05) is 5.16 Å². The van der Waals surface area contributed by atoms with Gasteiger partial charge in [0, 0.05) is 11.8 Å². The summed E-state index contributed by atoms with van der Waals surface area (Å²) in [7, 11) is 0. The number of amides is 1. The number of halogens is 2. The Kier molecular flexibility index (Phi) is 3.00. The van der Waals surface area contributed by atoms with Gasteiger partial charge in [0.05, 0.1) is 4.47 Å². The van der Waals surface area contributed by atoms with Crippen LogP contribution < -0.4 is 5.32 Å². The van der Waals surface area contributed by atoms with E-state index < -0.39 is 11.7 Å². The van der Waals surface area contributed by atoms with E-state index in [2.05, 4.69) is 30.9 Å². The number of anilines is 1. The normalized spacial score (nSPS) is 10.1. The summed E-state index contributed by atoms with van der Waals surface area (Å²) >= 11 is 3.02. The maximum absolute atomic E-state index is 13.1. The number of nitrogens with one attached hydrogen (secondary N) is 1. The molecule has 82 valence electrons. The lowest BCUT2D eigenvalue weighted by Crippen LogP contribution is -2.12. The van der Waals surface area contributed by atoms with Crippen molar-refractivity contribution < 1.29 is 13.7 Å². The molecule has 0 atom stereocenters. The van der Waals surface area contributed by atoms with Gasteiger partial charge in [-0.3, -0.25) is 4.79 Å². The molecule has 0 aliphatic carbocycles. The molecule has 1 aromatic heterocycles. The lowest BCUT2D eigenvalue weighted by Gasteiger charge is -2.03. The van der Waals surface area contributed by atoms with Gasteiger partial charge < -0.3 is 9.84 Å². The Hall–Kier alpha value is -1.69. The third-order valence-corrected chi connectivity index (χ3v) is 2.49. The molecule has 0 fully saturated rings. The summed E-state index contributed by atoms with van der Waals surface area (Å²) in [5.74, 6) is -0.895. The molecule has 0 bridgehead atoms. The fourth-order valence-corrected chi connectivity index (χ4v) is 1.35. The Bertz CT molecular complexity index is 514. The van der Waals surface area contributed by atoms with Gasteiger partial charge in [-0.25, -0.2) is 4.39 Å². The SMILES string of the molecule is O=C(Nc1ccc(Br)c(F)c1)c1ccon1. The fourth-order valence-electron chi connectivity index (χ4n) is 1.10. The summed E-state index contributed by atoms with van der Waals surface area (Å²) < 4.78 is 18.0. The number of carbonyl (C=O) groups excluding carboxylic acids is 1. The molecule has 0 spiro atoms. The highest BCUT2D eigenvalue weighted by molar-refractivity contribution is 9.10. The number of hydrogen-bond acceptors (Lipinski definition) is 3. The van der Waals surface area contributed by atoms with Crippen LogP contribution in [0.2, 0.25) is 0 Å². The molecule has 6 heteroatoms. The molecule has 0 aliphatic rings. The first-order chi connectivity index (χ1) is 7.66. The third kappa shape index (κ3) is 2.27. The molecule has 1 N–H and O–H groups in total. The Morgan fingerprint density at radius 3 is 2.88 bits per heavy atom. The molecule has 4 nitrogen and oxygen atoms in total. The first-order valence-corrected chi connectivity index (χ1v) is 5.13. The van der Waals surface area contributed by atoms with Crippen LogP contribution in [0.1, 0.15) is 10.5 Å². The van der Waals surface area contributed by atoms with E-state index in [1.54, 1.807) is 6.07 Å². The first kappa shape index (κ1) is 10.8. The van der Waals surface area contributed by atoms with Crippen LogP contribution in [0.25, 0.3) is 0 Å². The number of rotatable bonds is 2. The van der Waals surface area contributed by atoms with Crippen LogP contribution in [0.4, 0.5) is 10.1 Å². The predicted octanol–water partition coefficient (Wildman–Crippen LogP) is 2.83. The quantitative estimate of drug-likeness (QED) is 0.923. The molecule has 1 amide bonds. The molecule has 2 aromatic rings. The van der Waals surface area contributed by atoms with E-state index in [0.717, 1.165) is 0 Å². The molecule has 2 rings (SSSR count). The van der Waals surface area contributed by atoms with Crippen LogP contribution in [0.3, 0.4) is 0 Å². The second-order valence-electron chi connectivity index (χ2n) is 2.97. The van der Waals surface area contributed by atoms with E-state index >= 15 is 0 Å². The average molecular weight is 285 g/mol. The monoisotopic (exact) mass is 284 g/mol. The predicted molar refractivity (Wildman–Crippen MR) is 58.6 cm³/mol. The van der Waals surface area contributed by atoms with Crippen LogP contribution in [-0.2, 0) is 0 Å². The van der Waals surface area contributed by atoms with Crippen molar-refractivity contribution in [2.75, 3.05) is 5.32 Å². The Morgan fingerprint density at radius 1 is 1.44 bits per heavy atom. The number of benzene rings is 1. The second-order valence-corrected chi connectivity index (χ2v) is 3.82. The van der Waals surface area contributed by atoms with E-state index in [-0.39, 0.29) is 5.69 Å². The smallest absolute Gasteiger partial charge is 0.277 e. The van der Waals surface area contributed by atoms with Crippen LogP contribution in [0.15, 0.2) is 39.5 Å². The second kappa shape index (κ2) is 4.44. The third-order valence-electron chi connectivity index (χ3n) is 1.85. The summed E-state index contributed by atoms with van der Waals surface area (Å²) in [4.78, 5) is 11.5. The van der Waals surface area contributed by atoms with Crippen LogP contribution in [0, 0.1) is 5.82 Å². The van der Waals surface area contributed by atoms with Crippen LogP contribution in [0.5, 0.6) is 0 Å². The standard InChI is InChI=1S/C10H6BrFN2O2/c11-7-2-1-6(5-8(7)12)13-10(15)9-3-4-16-14-9/h1-5H,(H,13,15). The molecule has 0 saturated heterocycles. The van der Waals surface area contributed by atoms with Gasteiger partial charge in [-0.15, -0.1) is 0 Å². The summed E-state index contributed by atoms with van der Waals surface area (Å²) in [5, 5.41) is 5.95. The molecule has 1 heterocycles. The van der Waals surface area contributed by atoms with Crippen LogP contribution >= 0.6 is 15.9 Å². The molecule has 16 heavy (non-hydrogen) atoms. The van der Waals surface area contributed by atoms with Crippen molar-refractivity contribution in [1.29, 1.82) is 0 Å². The minimum atomic E-state index is -0.449. The molecular formula is C10H6BrFN2O2. The van der Waals surface area contributed by atoms with E-state index in [1.807, 2.05) is 0 Å². The molecule has 0 radical (unpaired) electrons. The number of carbonyl (C=O) groups is 1. The Morgan fingerprint density at radius 2 is 2.25 bits per heavy atom. The number of hydrogen-bond donors (Lipinski definition) is 1. The van der Waals surface area contributed by atoms with Crippen LogP contribution in [-0.4, -0.2) is 11.1 Å². The highest BCUT2D eigenvalue weighted by atomic mass is 79.9. The van der Waals surface area contributed by atoms with Crippen molar-refractivity contribution in [1.82, 2.24) is 5.16 Å². The van der Waals surface area contributed by atoms with Crippen molar-refractivity contribution in [3.63, 3.8) is 0 Å². The highest BCUT2D eigenvalue weighted by Gasteiger charge is 2.09. The largest absolute Gasteiger partial charge is 0.364 e. The van der Waals surface area contributed by atoms with Gasteiger partial charge in [0.1, 0.15) is 12.1 Å². The van der Waals surface area contributed by atoms with E-state index in [4.69, 9.17) is 0 Å². The molecule has 1 aromatic carbocycles. The lowest BCUT2D eigenvalue weighted by molar-refractivity contribution is 0.101. The Labute approximate surface area is 98.6 Å². The van der Waals surface area contributed by atoms with Crippen molar-refractivity contribution in [3.8, 4) is 0 Å². The summed E-state index contributed by atoms with van der Waals surface area (Å²) in [5.41, 5.74) is 0.497. The Balaban J connectivity index is 2.15. The van der Waals surface area contributed by atoms with E-state index in [1.165, 1.54) is 24.5 Å². The minimum Gasteiger partial charge on any atom is -0.364 e. The van der Waals surface area contributed by atoms with Gasteiger partial charge in [0.2, 0.25) is 0 Å². The first-order valence-electron chi connectivity index (χ1n) is 4.33. The summed E-state index contributed by atoms with van der Waals surface area (Å²) in [6.45, 7) is 0. The molecule has 0 unspecified atom stereocenters. The molecule has 0 aliphatic heterocycles. The molecular weight excluding hydrogens is 279 g/mol. The van der Waals surface area contributed by atoms with Crippen molar-refractivity contribution in [2.24, 2.45) is 0 Å². The summed E-state index contributed by atoms with van der Waals surface area (Å²) in [6.07, 6.45) is 1.29. The zero-order valence-corrected chi connectivity index (χ0v) is 9.49. The number of nitrogens with zero attached hydrogens (tertiary/aromatic N) is 1.